The molecule has 0 saturated heterocycles. The Hall–Kier alpha value is -2.17. The highest BCUT2D eigenvalue weighted by atomic mass is 16.7. The maximum absolute atomic E-state index is 13.1. The monoisotopic (exact) mass is 380 g/mol. The van der Waals surface area contributed by atoms with Gasteiger partial charge in [-0.25, -0.2) is 0 Å². The van der Waals surface area contributed by atoms with Gasteiger partial charge < -0.3 is 14.6 Å². The van der Waals surface area contributed by atoms with Crippen molar-refractivity contribution >= 4 is 5.78 Å². The average molecular weight is 380 g/mol. The van der Waals surface area contributed by atoms with E-state index in [1.54, 1.807) is 7.11 Å². The summed E-state index contributed by atoms with van der Waals surface area (Å²) in [4.78, 5) is 13.1. The Kier molecular flexibility index (Phi) is 4.59. The van der Waals surface area contributed by atoms with Gasteiger partial charge in [-0.2, -0.15) is 0 Å². The van der Waals surface area contributed by atoms with Crippen molar-refractivity contribution in [2.45, 2.75) is 57.8 Å². The van der Waals surface area contributed by atoms with Crippen molar-refractivity contribution in [2.24, 2.45) is 5.41 Å². The lowest BCUT2D eigenvalue weighted by molar-refractivity contribution is -0.114. The summed E-state index contributed by atoms with van der Waals surface area (Å²) in [6.07, 6.45) is 0.742. The number of aryl methyl sites for hydroxylation is 1. The molecule has 4 nitrogen and oxygen atoms in total. The summed E-state index contributed by atoms with van der Waals surface area (Å²) in [6.45, 7) is 6.25. The Balaban J connectivity index is 1.79. The molecule has 0 amide bonds. The predicted molar refractivity (Wildman–Crippen MR) is 108 cm³/mol. The van der Waals surface area contributed by atoms with Crippen molar-refractivity contribution in [1.82, 2.24) is 0 Å². The number of carbonyl (C=O) groups excluding carboxylic acids is 1. The molecular weight excluding hydrogens is 352 g/mol. The van der Waals surface area contributed by atoms with Gasteiger partial charge in [-0.1, -0.05) is 44.2 Å². The standard InChI is InChI=1S/C24H28O4/c1-15-10-21-19(12-18(15)20(26)11-16-8-6-5-7-9-16)24(22(27-4)28-21)14-17(25)13-23(24,2)3/h5-10,12,17,22,25H,11,13-14H2,1-4H3/t17?,22-,24-/m1/s1. The van der Waals surface area contributed by atoms with Crippen LogP contribution in [0, 0.1) is 12.3 Å². The Labute approximate surface area is 166 Å². The van der Waals surface area contributed by atoms with Crippen LogP contribution < -0.4 is 4.74 Å². The van der Waals surface area contributed by atoms with Crippen molar-refractivity contribution in [3.63, 3.8) is 0 Å². The van der Waals surface area contributed by atoms with Gasteiger partial charge in [-0.3, -0.25) is 4.79 Å². The summed E-state index contributed by atoms with van der Waals surface area (Å²) in [5.41, 5.74) is 2.94. The van der Waals surface area contributed by atoms with Crippen LogP contribution in [0.2, 0.25) is 0 Å². The van der Waals surface area contributed by atoms with E-state index in [1.807, 2.05) is 49.4 Å². The molecule has 0 radical (unpaired) electrons. The number of ketones is 1. The van der Waals surface area contributed by atoms with Crippen molar-refractivity contribution < 1.29 is 19.4 Å². The summed E-state index contributed by atoms with van der Waals surface area (Å²) in [6, 6.07) is 13.8. The minimum atomic E-state index is -0.466. The lowest BCUT2D eigenvalue weighted by Crippen LogP contribution is -2.47. The van der Waals surface area contributed by atoms with Crippen LogP contribution in [0.25, 0.3) is 0 Å². The minimum absolute atomic E-state index is 0.0962. The number of hydrogen-bond donors (Lipinski definition) is 1. The zero-order valence-electron chi connectivity index (χ0n) is 17.0. The molecule has 3 atom stereocenters. The molecule has 2 aromatic carbocycles. The molecule has 1 spiro atoms. The highest BCUT2D eigenvalue weighted by molar-refractivity contribution is 5.99. The predicted octanol–water partition coefficient (Wildman–Crippen LogP) is 4.20. The number of rotatable bonds is 4. The van der Waals surface area contributed by atoms with E-state index in [1.165, 1.54) is 0 Å². The number of ether oxygens (including phenoxy) is 2. The van der Waals surface area contributed by atoms with Crippen molar-refractivity contribution in [3.05, 3.63) is 64.7 Å². The molecule has 1 N–H and O–H groups in total. The van der Waals surface area contributed by atoms with Gasteiger partial charge in [0.25, 0.3) is 0 Å². The van der Waals surface area contributed by atoms with Gasteiger partial charge in [0.2, 0.25) is 6.29 Å². The second kappa shape index (κ2) is 6.71. The number of fused-ring (bicyclic) bond motifs is 2. The van der Waals surface area contributed by atoms with Crippen LogP contribution in [-0.4, -0.2) is 30.4 Å². The van der Waals surface area contributed by atoms with Crippen LogP contribution >= 0.6 is 0 Å². The van der Waals surface area contributed by atoms with Crippen LogP contribution in [-0.2, 0) is 16.6 Å². The number of Topliss-reactive ketones (excluding diaryl/α,β-unsaturated/α-hetero) is 1. The smallest absolute Gasteiger partial charge is 0.210 e. The van der Waals surface area contributed by atoms with Crippen LogP contribution in [0.5, 0.6) is 5.75 Å². The van der Waals surface area contributed by atoms with E-state index < -0.39 is 17.8 Å². The van der Waals surface area contributed by atoms with Gasteiger partial charge in [-0.15, -0.1) is 0 Å². The number of carbonyl (C=O) groups is 1. The van der Waals surface area contributed by atoms with Crippen molar-refractivity contribution in [3.8, 4) is 5.75 Å². The maximum atomic E-state index is 13.1. The Morgan fingerprint density at radius 2 is 1.93 bits per heavy atom. The lowest BCUT2D eigenvalue weighted by atomic mass is 9.64. The number of aliphatic hydroxyl groups is 1. The highest BCUT2D eigenvalue weighted by Crippen LogP contribution is 2.62. The van der Waals surface area contributed by atoms with Gasteiger partial charge >= 0.3 is 0 Å². The quantitative estimate of drug-likeness (QED) is 0.808. The molecule has 0 aromatic heterocycles. The zero-order chi connectivity index (χ0) is 20.1. The molecule has 1 fully saturated rings. The highest BCUT2D eigenvalue weighted by Gasteiger charge is 2.63. The number of hydrogen-bond acceptors (Lipinski definition) is 4. The van der Waals surface area contributed by atoms with E-state index in [-0.39, 0.29) is 11.2 Å². The molecule has 1 aliphatic carbocycles. The Morgan fingerprint density at radius 1 is 1.21 bits per heavy atom. The topological polar surface area (TPSA) is 55.8 Å². The molecule has 1 unspecified atom stereocenters. The third-order valence-electron chi connectivity index (χ3n) is 6.68. The van der Waals surface area contributed by atoms with Gasteiger partial charge in [0.1, 0.15) is 5.75 Å². The maximum Gasteiger partial charge on any atom is 0.210 e. The third kappa shape index (κ3) is 2.78. The molecule has 2 aromatic rings. The summed E-state index contributed by atoms with van der Waals surface area (Å²) < 4.78 is 11.9. The molecule has 2 aliphatic rings. The van der Waals surface area contributed by atoms with Gasteiger partial charge in [0.05, 0.1) is 11.5 Å². The van der Waals surface area contributed by atoms with E-state index in [2.05, 4.69) is 13.8 Å². The average Bonchev–Trinajstić information content (AvgIpc) is 3.08. The van der Waals surface area contributed by atoms with E-state index in [9.17, 15) is 9.90 Å². The first-order chi connectivity index (χ1) is 13.3. The fourth-order valence-corrected chi connectivity index (χ4v) is 5.28. The third-order valence-corrected chi connectivity index (χ3v) is 6.68. The molecule has 148 valence electrons. The van der Waals surface area contributed by atoms with Crippen molar-refractivity contribution in [2.75, 3.05) is 7.11 Å². The van der Waals surface area contributed by atoms with Crippen LogP contribution in [0.1, 0.15) is 53.7 Å². The zero-order valence-corrected chi connectivity index (χ0v) is 17.0. The molecular formula is C24H28O4. The second-order valence-electron chi connectivity index (χ2n) is 8.85. The molecule has 1 heterocycles. The minimum Gasteiger partial charge on any atom is -0.464 e. The molecule has 4 heteroatoms. The molecule has 4 rings (SSSR count). The van der Waals surface area contributed by atoms with E-state index >= 15 is 0 Å². The van der Waals surface area contributed by atoms with Crippen molar-refractivity contribution in [1.29, 1.82) is 0 Å². The Bertz CT molecular complexity index is 902. The summed E-state index contributed by atoms with van der Waals surface area (Å²) >= 11 is 0. The number of methoxy groups -OCH3 is 1. The van der Waals surface area contributed by atoms with Gasteiger partial charge in [0.15, 0.2) is 5.78 Å². The van der Waals surface area contributed by atoms with Crippen LogP contribution in [0.15, 0.2) is 42.5 Å². The first kappa shape index (κ1) is 19.2. The second-order valence-corrected chi connectivity index (χ2v) is 8.85. The molecule has 1 saturated carbocycles. The van der Waals surface area contributed by atoms with Crippen LogP contribution in [0.3, 0.4) is 0 Å². The first-order valence-corrected chi connectivity index (χ1v) is 9.88. The SMILES string of the molecule is CO[C@@H]1Oc2cc(C)c(C(=O)Cc3ccccc3)cc2[C@]12CC(O)CC2(C)C. The van der Waals surface area contributed by atoms with Gasteiger partial charge in [-0.05, 0) is 48.4 Å². The molecule has 28 heavy (non-hydrogen) atoms. The lowest BCUT2D eigenvalue weighted by Gasteiger charge is -2.40. The molecule has 0 bridgehead atoms. The fraction of sp³-hybridized carbons (Fsp3) is 0.458. The number of aliphatic hydroxyl groups excluding tert-OH is 1. The normalized spacial score (nSPS) is 27.6. The summed E-state index contributed by atoms with van der Waals surface area (Å²) in [5.74, 6) is 0.863. The van der Waals surface area contributed by atoms with E-state index in [4.69, 9.17) is 9.47 Å². The number of benzene rings is 2. The summed E-state index contributed by atoms with van der Waals surface area (Å²) in [7, 11) is 1.65. The van der Waals surface area contributed by atoms with Gasteiger partial charge in [0, 0.05) is 24.7 Å². The first-order valence-electron chi connectivity index (χ1n) is 9.88. The fourth-order valence-electron chi connectivity index (χ4n) is 5.28. The largest absolute Gasteiger partial charge is 0.464 e. The van der Waals surface area contributed by atoms with E-state index in [0.717, 1.165) is 28.0 Å². The summed E-state index contributed by atoms with van der Waals surface area (Å²) in [5, 5.41) is 10.5. The van der Waals surface area contributed by atoms with E-state index in [0.29, 0.717) is 19.3 Å². The van der Waals surface area contributed by atoms with Crippen LogP contribution in [0.4, 0.5) is 0 Å². The molecule has 1 aliphatic heterocycles. The Morgan fingerprint density at radius 3 is 2.54 bits per heavy atom.